The fraction of sp³-hybridized carbons (Fsp3) is 0.500. The van der Waals surface area contributed by atoms with Crippen molar-refractivity contribution in [2.75, 3.05) is 45.7 Å². The maximum atomic E-state index is 4.65. The van der Waals surface area contributed by atoms with Crippen molar-refractivity contribution in [2.24, 2.45) is 4.99 Å². The SMILES string of the molecule is CN=C(NCc1cccc(N(C)C)n1)NCC(c1cccs1)N1CCCC1. The highest BCUT2D eigenvalue weighted by atomic mass is 32.1. The standard InChI is InChI=1S/C20H30N6S/c1-21-20(22-14-16-8-6-10-19(24-16)25(2)3)23-15-17(18-9-7-13-27-18)26-11-4-5-12-26/h6-10,13,17H,4-5,11-12,14-15H2,1-3H3,(H2,21,22,23). The van der Waals surface area contributed by atoms with Gasteiger partial charge in [0.2, 0.25) is 0 Å². The summed E-state index contributed by atoms with van der Waals surface area (Å²) in [5.74, 6) is 1.77. The number of rotatable bonds is 7. The maximum absolute atomic E-state index is 4.65. The summed E-state index contributed by atoms with van der Waals surface area (Å²) in [6.45, 7) is 3.86. The van der Waals surface area contributed by atoms with E-state index in [1.54, 1.807) is 0 Å². The Bertz CT molecular complexity index is 722. The summed E-state index contributed by atoms with van der Waals surface area (Å²) in [5, 5.41) is 9.06. The van der Waals surface area contributed by atoms with E-state index in [0.29, 0.717) is 12.6 Å². The van der Waals surface area contributed by atoms with E-state index >= 15 is 0 Å². The minimum absolute atomic E-state index is 0.404. The molecule has 7 heteroatoms. The molecule has 1 aliphatic heterocycles. The molecule has 0 aliphatic carbocycles. The Morgan fingerprint density at radius 2 is 2.04 bits per heavy atom. The molecule has 3 heterocycles. The predicted molar refractivity (Wildman–Crippen MR) is 115 cm³/mol. The maximum Gasteiger partial charge on any atom is 0.191 e. The molecule has 1 aliphatic rings. The first-order valence-corrected chi connectivity index (χ1v) is 10.4. The summed E-state index contributed by atoms with van der Waals surface area (Å²) in [7, 11) is 5.82. The van der Waals surface area contributed by atoms with Crippen LogP contribution in [0.1, 0.15) is 29.5 Å². The van der Waals surface area contributed by atoms with Gasteiger partial charge in [-0.15, -0.1) is 11.3 Å². The molecule has 0 radical (unpaired) electrons. The van der Waals surface area contributed by atoms with Gasteiger partial charge in [-0.3, -0.25) is 9.89 Å². The minimum Gasteiger partial charge on any atom is -0.363 e. The van der Waals surface area contributed by atoms with Crippen molar-refractivity contribution in [1.29, 1.82) is 0 Å². The number of anilines is 1. The number of guanidine groups is 1. The zero-order valence-corrected chi connectivity index (χ0v) is 17.3. The topological polar surface area (TPSA) is 55.8 Å². The fourth-order valence-electron chi connectivity index (χ4n) is 3.35. The number of pyridine rings is 1. The van der Waals surface area contributed by atoms with Crippen LogP contribution in [0.4, 0.5) is 5.82 Å². The van der Waals surface area contributed by atoms with Crippen LogP contribution in [0.25, 0.3) is 0 Å². The highest BCUT2D eigenvalue weighted by Crippen LogP contribution is 2.27. The van der Waals surface area contributed by atoms with Crippen molar-refractivity contribution in [3.8, 4) is 0 Å². The van der Waals surface area contributed by atoms with Gasteiger partial charge >= 0.3 is 0 Å². The lowest BCUT2D eigenvalue weighted by molar-refractivity contribution is 0.249. The molecule has 1 fully saturated rings. The first-order chi connectivity index (χ1) is 13.2. The predicted octanol–water partition coefficient (Wildman–Crippen LogP) is 2.71. The molecule has 0 saturated carbocycles. The average Bonchev–Trinajstić information content (AvgIpc) is 3.39. The molecule has 0 aromatic carbocycles. The van der Waals surface area contributed by atoms with Gasteiger partial charge in [0.15, 0.2) is 5.96 Å². The smallest absolute Gasteiger partial charge is 0.191 e. The molecule has 0 bridgehead atoms. The summed E-state index contributed by atoms with van der Waals surface area (Å²) in [6, 6.07) is 10.9. The van der Waals surface area contributed by atoms with Crippen LogP contribution >= 0.6 is 11.3 Å². The second-order valence-electron chi connectivity index (χ2n) is 6.96. The Kier molecular flexibility index (Phi) is 7.06. The van der Waals surface area contributed by atoms with E-state index in [4.69, 9.17) is 0 Å². The Labute approximate surface area is 166 Å². The summed E-state index contributed by atoms with van der Waals surface area (Å²) < 4.78 is 0. The molecule has 0 spiro atoms. The third kappa shape index (κ3) is 5.43. The fourth-order valence-corrected chi connectivity index (χ4v) is 4.21. The average molecular weight is 387 g/mol. The van der Waals surface area contributed by atoms with Crippen LogP contribution in [0, 0.1) is 0 Å². The van der Waals surface area contributed by atoms with Gasteiger partial charge in [-0.05, 0) is 49.5 Å². The lowest BCUT2D eigenvalue weighted by Crippen LogP contribution is -2.42. The van der Waals surface area contributed by atoms with Crippen molar-refractivity contribution in [3.05, 3.63) is 46.3 Å². The van der Waals surface area contributed by atoms with Crippen molar-refractivity contribution < 1.29 is 0 Å². The molecule has 1 atom stereocenters. The molecule has 1 saturated heterocycles. The highest BCUT2D eigenvalue weighted by Gasteiger charge is 2.24. The number of aromatic nitrogens is 1. The molecular formula is C20H30N6S. The molecule has 146 valence electrons. The van der Waals surface area contributed by atoms with Crippen LogP contribution in [0.3, 0.4) is 0 Å². The molecule has 2 aromatic rings. The Morgan fingerprint density at radius 3 is 2.70 bits per heavy atom. The van der Waals surface area contributed by atoms with E-state index in [1.807, 2.05) is 55.6 Å². The van der Waals surface area contributed by atoms with E-state index < -0.39 is 0 Å². The normalized spacial score (nSPS) is 16.3. The molecule has 3 rings (SSSR count). The molecule has 1 unspecified atom stereocenters. The third-order valence-corrected chi connectivity index (χ3v) is 5.80. The molecule has 6 nitrogen and oxygen atoms in total. The number of nitrogens with zero attached hydrogens (tertiary/aromatic N) is 4. The van der Waals surface area contributed by atoms with Gasteiger partial charge in [0.1, 0.15) is 5.82 Å². The quantitative estimate of drug-likeness (QED) is 0.566. The van der Waals surface area contributed by atoms with E-state index in [2.05, 4.69) is 43.0 Å². The zero-order valence-electron chi connectivity index (χ0n) is 16.5. The second kappa shape index (κ2) is 9.71. The van der Waals surface area contributed by atoms with Gasteiger partial charge < -0.3 is 15.5 Å². The molecular weight excluding hydrogens is 356 g/mol. The van der Waals surface area contributed by atoms with Gasteiger partial charge in [0.25, 0.3) is 0 Å². The van der Waals surface area contributed by atoms with Gasteiger partial charge in [-0.2, -0.15) is 0 Å². The number of hydrogen-bond acceptors (Lipinski definition) is 5. The van der Waals surface area contributed by atoms with Gasteiger partial charge in [-0.25, -0.2) is 4.98 Å². The van der Waals surface area contributed by atoms with E-state index in [1.165, 1.54) is 30.8 Å². The minimum atomic E-state index is 0.404. The monoisotopic (exact) mass is 386 g/mol. The summed E-state index contributed by atoms with van der Waals surface area (Å²) in [5.41, 5.74) is 0.999. The van der Waals surface area contributed by atoms with Crippen molar-refractivity contribution in [1.82, 2.24) is 20.5 Å². The van der Waals surface area contributed by atoms with Crippen LogP contribution in [0.15, 0.2) is 40.7 Å². The largest absolute Gasteiger partial charge is 0.363 e. The Morgan fingerprint density at radius 1 is 1.22 bits per heavy atom. The summed E-state index contributed by atoms with van der Waals surface area (Å²) >= 11 is 1.84. The number of likely N-dealkylation sites (tertiary alicyclic amines) is 1. The van der Waals surface area contributed by atoms with E-state index in [0.717, 1.165) is 24.0 Å². The number of hydrogen-bond donors (Lipinski definition) is 2. The summed E-state index contributed by atoms with van der Waals surface area (Å²) in [4.78, 5) is 15.0. The Balaban J connectivity index is 1.57. The lowest BCUT2D eigenvalue weighted by atomic mass is 10.2. The zero-order chi connectivity index (χ0) is 19.1. The molecule has 2 aromatic heterocycles. The highest BCUT2D eigenvalue weighted by molar-refractivity contribution is 7.10. The van der Waals surface area contributed by atoms with Crippen molar-refractivity contribution in [3.63, 3.8) is 0 Å². The first kappa shape index (κ1) is 19.6. The number of aliphatic imine (C=N–C) groups is 1. The van der Waals surface area contributed by atoms with Crippen LogP contribution in [-0.4, -0.2) is 56.6 Å². The van der Waals surface area contributed by atoms with Crippen LogP contribution in [-0.2, 0) is 6.54 Å². The van der Waals surface area contributed by atoms with Crippen molar-refractivity contribution in [2.45, 2.75) is 25.4 Å². The van der Waals surface area contributed by atoms with E-state index in [-0.39, 0.29) is 0 Å². The summed E-state index contributed by atoms with van der Waals surface area (Å²) in [6.07, 6.45) is 2.59. The number of nitrogens with one attached hydrogen (secondary N) is 2. The molecule has 2 N–H and O–H groups in total. The molecule has 0 amide bonds. The number of thiophene rings is 1. The van der Waals surface area contributed by atoms with Crippen LogP contribution < -0.4 is 15.5 Å². The third-order valence-electron chi connectivity index (χ3n) is 4.83. The van der Waals surface area contributed by atoms with Gasteiger partial charge in [0.05, 0.1) is 18.3 Å². The van der Waals surface area contributed by atoms with E-state index in [9.17, 15) is 0 Å². The van der Waals surface area contributed by atoms with Gasteiger partial charge in [-0.1, -0.05) is 12.1 Å². The van der Waals surface area contributed by atoms with Crippen LogP contribution in [0.5, 0.6) is 0 Å². The lowest BCUT2D eigenvalue weighted by Gasteiger charge is -2.27. The Hall–Kier alpha value is -2.12. The van der Waals surface area contributed by atoms with Crippen LogP contribution in [0.2, 0.25) is 0 Å². The van der Waals surface area contributed by atoms with Gasteiger partial charge in [0, 0.05) is 32.6 Å². The molecule has 27 heavy (non-hydrogen) atoms. The first-order valence-electron chi connectivity index (χ1n) is 9.52. The second-order valence-corrected chi connectivity index (χ2v) is 7.94. The van der Waals surface area contributed by atoms with Crippen molar-refractivity contribution >= 4 is 23.1 Å².